The molecule has 0 spiro atoms. The lowest BCUT2D eigenvalue weighted by Gasteiger charge is -2.18. The molecule has 0 fully saturated rings. The summed E-state index contributed by atoms with van der Waals surface area (Å²) in [4.78, 5) is 11.3. The molecule has 0 aliphatic rings. The van der Waals surface area contributed by atoms with Gasteiger partial charge >= 0.3 is 12.1 Å². The quantitative estimate of drug-likeness (QED) is 0.218. The van der Waals surface area contributed by atoms with Crippen molar-refractivity contribution < 1.29 is 35.7 Å². The first-order valence-corrected chi connectivity index (χ1v) is 10.1. The van der Waals surface area contributed by atoms with E-state index in [9.17, 15) is 26.4 Å². The van der Waals surface area contributed by atoms with Crippen molar-refractivity contribution in [3.63, 3.8) is 0 Å². The van der Waals surface area contributed by atoms with Crippen LogP contribution in [0.4, 0.5) is 13.2 Å². The summed E-state index contributed by atoms with van der Waals surface area (Å²) < 4.78 is 71.4. The van der Waals surface area contributed by atoms with E-state index in [4.69, 9.17) is 4.55 Å². The summed E-state index contributed by atoms with van der Waals surface area (Å²) in [5.41, 5.74) is 0. The number of hydrogen-bond donors (Lipinski definition) is 1. The minimum atomic E-state index is -5.07. The molecular formula is C16H27F3O5S. The fourth-order valence-corrected chi connectivity index (χ4v) is 2.78. The van der Waals surface area contributed by atoms with Crippen LogP contribution in [-0.2, 0) is 19.6 Å². The highest BCUT2D eigenvalue weighted by Gasteiger charge is 2.45. The van der Waals surface area contributed by atoms with Crippen molar-refractivity contribution in [1.29, 1.82) is 0 Å². The predicted molar refractivity (Wildman–Crippen MR) is 88.7 cm³/mol. The molecule has 1 unspecified atom stereocenters. The Morgan fingerprint density at radius 3 is 2.08 bits per heavy atom. The molecule has 0 aromatic heterocycles. The van der Waals surface area contributed by atoms with Crippen LogP contribution in [0.15, 0.2) is 12.2 Å². The average molecular weight is 388 g/mol. The van der Waals surface area contributed by atoms with E-state index in [-0.39, 0.29) is 0 Å². The van der Waals surface area contributed by atoms with Crippen molar-refractivity contribution in [3.8, 4) is 0 Å². The minimum Gasteiger partial charge on any atom is -0.448 e. The summed E-state index contributed by atoms with van der Waals surface area (Å²) in [6.45, 7) is 2.15. The van der Waals surface area contributed by atoms with Gasteiger partial charge in [0.15, 0.2) is 0 Å². The van der Waals surface area contributed by atoms with Crippen molar-refractivity contribution in [2.24, 2.45) is 0 Å². The first kappa shape index (κ1) is 23.9. The highest BCUT2D eigenvalue weighted by Crippen LogP contribution is 2.24. The standard InChI is InChI=1S/C16H27F3O5S/c1-2-3-4-5-6-7-8-9-10-11-12-15(20)24-14(16(17,18)19)13-25(21,22)23/h11-12,14H,2-10,13H2,1H3,(H,21,22,23)/b12-11+. The third-order valence-corrected chi connectivity index (χ3v) is 4.19. The number of halogens is 3. The Morgan fingerprint density at radius 1 is 1.08 bits per heavy atom. The third kappa shape index (κ3) is 14.9. The van der Waals surface area contributed by atoms with Crippen LogP contribution in [-0.4, -0.2) is 37.0 Å². The number of rotatable bonds is 13. The Hall–Kier alpha value is -1.09. The lowest BCUT2D eigenvalue weighted by molar-refractivity contribution is -0.212. The number of esters is 1. The Kier molecular flexibility index (Phi) is 11.8. The number of alkyl halides is 3. The zero-order valence-electron chi connectivity index (χ0n) is 14.4. The van der Waals surface area contributed by atoms with E-state index in [2.05, 4.69) is 11.7 Å². The maximum atomic E-state index is 12.6. The van der Waals surface area contributed by atoms with Gasteiger partial charge in [0.1, 0.15) is 5.75 Å². The Morgan fingerprint density at radius 2 is 1.60 bits per heavy atom. The first-order valence-electron chi connectivity index (χ1n) is 8.45. The van der Waals surface area contributed by atoms with Gasteiger partial charge in [-0.05, 0) is 12.8 Å². The lowest BCUT2D eigenvalue weighted by atomic mass is 10.1. The highest BCUT2D eigenvalue weighted by atomic mass is 32.2. The van der Waals surface area contributed by atoms with Crippen molar-refractivity contribution in [1.82, 2.24) is 0 Å². The van der Waals surface area contributed by atoms with Gasteiger partial charge in [0.2, 0.25) is 6.10 Å². The zero-order chi connectivity index (χ0) is 19.3. The van der Waals surface area contributed by atoms with Crippen LogP contribution in [0.3, 0.4) is 0 Å². The average Bonchev–Trinajstić information content (AvgIpc) is 2.46. The monoisotopic (exact) mass is 388 g/mol. The van der Waals surface area contributed by atoms with E-state index < -0.39 is 34.1 Å². The van der Waals surface area contributed by atoms with Gasteiger partial charge in [-0.15, -0.1) is 0 Å². The van der Waals surface area contributed by atoms with Gasteiger partial charge in [0.25, 0.3) is 10.1 Å². The van der Waals surface area contributed by atoms with E-state index in [1.807, 2.05) is 0 Å². The smallest absolute Gasteiger partial charge is 0.426 e. The molecule has 0 amide bonds. The molecular weight excluding hydrogens is 361 g/mol. The second kappa shape index (κ2) is 12.3. The van der Waals surface area contributed by atoms with Gasteiger partial charge in [-0.1, -0.05) is 57.9 Å². The number of hydrogen-bond acceptors (Lipinski definition) is 4. The first-order chi connectivity index (χ1) is 11.6. The summed E-state index contributed by atoms with van der Waals surface area (Å²) in [7, 11) is -4.92. The molecule has 0 heterocycles. The van der Waals surface area contributed by atoms with Gasteiger partial charge < -0.3 is 4.74 Å². The van der Waals surface area contributed by atoms with Crippen molar-refractivity contribution >= 4 is 16.1 Å². The number of unbranched alkanes of at least 4 members (excludes halogenated alkanes) is 8. The number of carbonyl (C=O) groups excluding carboxylic acids is 1. The molecule has 0 saturated heterocycles. The zero-order valence-corrected chi connectivity index (χ0v) is 15.2. The summed E-state index contributed by atoms with van der Waals surface area (Å²) in [6.07, 6.45) is 3.69. The fraction of sp³-hybridized carbons (Fsp3) is 0.812. The number of carbonyl (C=O) groups is 1. The van der Waals surface area contributed by atoms with Crippen LogP contribution in [0.1, 0.15) is 64.7 Å². The molecule has 0 rings (SSSR count). The molecule has 0 radical (unpaired) electrons. The Balaban J connectivity index is 4.04. The normalized spacial score (nSPS) is 14.0. The number of allylic oxidation sites excluding steroid dienone is 1. The second-order valence-corrected chi connectivity index (χ2v) is 7.38. The van der Waals surface area contributed by atoms with Gasteiger partial charge in [-0.3, -0.25) is 4.55 Å². The van der Waals surface area contributed by atoms with Crippen molar-refractivity contribution in [2.45, 2.75) is 77.0 Å². The molecule has 0 bridgehead atoms. The second-order valence-electron chi connectivity index (χ2n) is 5.88. The molecule has 9 heteroatoms. The van der Waals surface area contributed by atoms with Gasteiger partial charge in [-0.2, -0.15) is 21.6 Å². The predicted octanol–water partition coefficient (Wildman–Crippen LogP) is 4.44. The van der Waals surface area contributed by atoms with Crippen LogP contribution in [0.5, 0.6) is 0 Å². The third-order valence-electron chi connectivity index (χ3n) is 3.46. The molecule has 0 aliphatic heterocycles. The maximum absolute atomic E-state index is 12.6. The molecule has 0 saturated carbocycles. The fourth-order valence-electron chi connectivity index (χ4n) is 2.14. The van der Waals surface area contributed by atoms with Crippen LogP contribution in [0.25, 0.3) is 0 Å². The molecule has 0 aromatic rings. The molecule has 148 valence electrons. The van der Waals surface area contributed by atoms with Crippen LogP contribution >= 0.6 is 0 Å². The van der Waals surface area contributed by atoms with Crippen LogP contribution in [0.2, 0.25) is 0 Å². The van der Waals surface area contributed by atoms with Gasteiger partial charge in [-0.25, -0.2) is 4.79 Å². The molecule has 0 aromatic carbocycles. The van der Waals surface area contributed by atoms with Gasteiger partial charge in [0.05, 0.1) is 0 Å². The van der Waals surface area contributed by atoms with E-state index in [0.717, 1.165) is 31.8 Å². The molecule has 1 atom stereocenters. The maximum Gasteiger partial charge on any atom is 0.426 e. The molecule has 1 N–H and O–H groups in total. The SMILES string of the molecule is CCCCCCCCCC/C=C/C(=O)OC(CS(=O)(=O)O)C(F)(F)F. The molecule has 5 nitrogen and oxygen atoms in total. The van der Waals surface area contributed by atoms with E-state index >= 15 is 0 Å². The van der Waals surface area contributed by atoms with Crippen molar-refractivity contribution in [3.05, 3.63) is 12.2 Å². The largest absolute Gasteiger partial charge is 0.448 e. The summed E-state index contributed by atoms with van der Waals surface area (Å²) in [5.74, 6) is -3.00. The minimum absolute atomic E-state index is 0.527. The molecule has 0 aliphatic carbocycles. The summed E-state index contributed by atoms with van der Waals surface area (Å²) in [6, 6.07) is 0. The van der Waals surface area contributed by atoms with Crippen LogP contribution < -0.4 is 0 Å². The highest BCUT2D eigenvalue weighted by molar-refractivity contribution is 7.85. The Bertz CT molecular complexity index is 500. The number of ether oxygens (including phenoxy) is 1. The lowest BCUT2D eigenvalue weighted by Crippen LogP contribution is -2.39. The van der Waals surface area contributed by atoms with E-state index in [1.54, 1.807) is 0 Å². The van der Waals surface area contributed by atoms with Crippen molar-refractivity contribution in [2.75, 3.05) is 5.75 Å². The van der Waals surface area contributed by atoms with E-state index in [1.165, 1.54) is 31.8 Å². The summed E-state index contributed by atoms with van der Waals surface area (Å²) in [5, 5.41) is 0. The van der Waals surface area contributed by atoms with Gasteiger partial charge in [0, 0.05) is 6.08 Å². The summed E-state index contributed by atoms with van der Waals surface area (Å²) >= 11 is 0. The van der Waals surface area contributed by atoms with Crippen LogP contribution in [0, 0.1) is 0 Å². The Labute approximate surface area is 147 Å². The topological polar surface area (TPSA) is 80.7 Å². The van der Waals surface area contributed by atoms with E-state index in [0.29, 0.717) is 6.42 Å². The molecule has 25 heavy (non-hydrogen) atoms.